The number of benzene rings is 2. The van der Waals surface area contributed by atoms with Gasteiger partial charge < -0.3 is 14.9 Å². The van der Waals surface area contributed by atoms with Crippen LogP contribution in [0.2, 0.25) is 0 Å². The van der Waals surface area contributed by atoms with E-state index in [0.717, 1.165) is 18.6 Å². The van der Waals surface area contributed by atoms with Gasteiger partial charge in [0.25, 0.3) is 5.91 Å². The van der Waals surface area contributed by atoms with Crippen LogP contribution < -0.4 is 4.74 Å². The monoisotopic (exact) mass is 463 g/mol. The number of carboxylic acids is 1. The summed E-state index contributed by atoms with van der Waals surface area (Å²) in [7, 11) is 0. The van der Waals surface area contributed by atoms with E-state index in [1.54, 1.807) is 6.92 Å². The molecule has 176 valence electrons. The number of carbonyl (C=O) groups is 2. The fourth-order valence-electron chi connectivity index (χ4n) is 3.97. The van der Waals surface area contributed by atoms with E-state index in [-0.39, 0.29) is 17.2 Å². The second-order valence-electron chi connectivity index (χ2n) is 8.05. The summed E-state index contributed by atoms with van der Waals surface area (Å²) in [5.41, 5.74) is 1.32. The molecule has 3 aromatic rings. The maximum atomic E-state index is 13.3. The summed E-state index contributed by atoms with van der Waals surface area (Å²) in [5, 5.41) is 20.4. The van der Waals surface area contributed by atoms with Crippen molar-refractivity contribution in [3.8, 4) is 11.5 Å². The Morgan fingerprint density at radius 3 is 2.30 bits per heavy atom. The van der Waals surface area contributed by atoms with Crippen molar-refractivity contribution in [1.82, 2.24) is 4.57 Å². The summed E-state index contributed by atoms with van der Waals surface area (Å²) >= 11 is 0. The summed E-state index contributed by atoms with van der Waals surface area (Å²) in [6, 6.07) is 8.83. The average molecular weight is 463 g/mol. The molecule has 1 heterocycles. The van der Waals surface area contributed by atoms with Crippen molar-refractivity contribution in [3.05, 3.63) is 59.3 Å². The van der Waals surface area contributed by atoms with Gasteiger partial charge in [0.1, 0.15) is 11.5 Å². The second kappa shape index (κ2) is 9.17. The van der Waals surface area contributed by atoms with Crippen molar-refractivity contribution < 1.29 is 37.7 Å². The van der Waals surface area contributed by atoms with Crippen LogP contribution in [0, 0.1) is 12.8 Å². The topological polar surface area (TPSA) is 88.8 Å². The predicted octanol–water partition coefficient (Wildman–Crippen LogP) is 5.85. The Morgan fingerprint density at radius 2 is 1.76 bits per heavy atom. The number of rotatable bonds is 7. The quantitative estimate of drug-likeness (QED) is 0.459. The number of carboxylic acid groups (broad SMARTS) is 1. The number of hydrogen-bond acceptors (Lipinski definition) is 4. The Bertz CT molecular complexity index is 1180. The van der Waals surface area contributed by atoms with Crippen molar-refractivity contribution in [2.24, 2.45) is 5.92 Å². The molecule has 6 nitrogen and oxygen atoms in total. The van der Waals surface area contributed by atoms with Crippen molar-refractivity contribution in [1.29, 1.82) is 0 Å². The minimum atomic E-state index is -4.85. The average Bonchev–Trinajstić information content (AvgIpc) is 3.01. The Morgan fingerprint density at radius 1 is 1.12 bits per heavy atom. The number of phenolic OH excluding ortho intramolecular Hbond substituents is 1. The van der Waals surface area contributed by atoms with E-state index < -0.39 is 29.9 Å². The SMILES string of the molecule is CCC(C)CC(C(=O)O)c1c(C)n(C(=O)c2ccc(OC(F)(F)F)cc2)c2ccc(O)cc12. The van der Waals surface area contributed by atoms with Crippen LogP contribution in [0.25, 0.3) is 10.9 Å². The highest BCUT2D eigenvalue weighted by molar-refractivity contribution is 6.05. The highest BCUT2D eigenvalue weighted by Gasteiger charge is 2.32. The minimum Gasteiger partial charge on any atom is -0.508 e. The highest BCUT2D eigenvalue weighted by atomic mass is 19.4. The molecule has 0 aliphatic carbocycles. The van der Waals surface area contributed by atoms with Crippen LogP contribution in [0.3, 0.4) is 0 Å². The molecule has 2 unspecified atom stereocenters. The van der Waals surface area contributed by atoms with Gasteiger partial charge in [0, 0.05) is 16.6 Å². The summed E-state index contributed by atoms with van der Waals surface area (Å²) in [5.74, 6) is -2.91. The number of phenols is 1. The van der Waals surface area contributed by atoms with Gasteiger partial charge in [-0.25, -0.2) is 0 Å². The molecule has 2 N–H and O–H groups in total. The molecule has 0 aliphatic rings. The zero-order chi connectivity index (χ0) is 24.5. The zero-order valence-electron chi connectivity index (χ0n) is 18.3. The smallest absolute Gasteiger partial charge is 0.508 e. The fraction of sp³-hybridized carbons (Fsp3) is 0.333. The highest BCUT2D eigenvalue weighted by Crippen LogP contribution is 2.38. The number of aliphatic carboxylic acids is 1. The van der Waals surface area contributed by atoms with Crippen LogP contribution in [0.5, 0.6) is 11.5 Å². The van der Waals surface area contributed by atoms with Crippen LogP contribution in [0.4, 0.5) is 13.2 Å². The zero-order valence-corrected chi connectivity index (χ0v) is 18.3. The summed E-state index contributed by atoms with van der Waals surface area (Å²) in [6.07, 6.45) is -3.73. The molecule has 0 radical (unpaired) electrons. The first kappa shape index (κ1) is 24.2. The van der Waals surface area contributed by atoms with Crippen molar-refractivity contribution in [2.75, 3.05) is 0 Å². The van der Waals surface area contributed by atoms with E-state index >= 15 is 0 Å². The maximum absolute atomic E-state index is 13.3. The van der Waals surface area contributed by atoms with Crippen LogP contribution in [-0.2, 0) is 4.79 Å². The standard InChI is InChI=1S/C24H24F3NO5/c1-4-13(2)11-19(23(31)32)21-14(3)28(20-10-7-16(29)12-18(20)21)22(30)15-5-8-17(9-6-15)33-24(25,26)27/h5-10,12-13,19,29H,4,11H2,1-3H3,(H,31,32). The number of hydrogen-bond donors (Lipinski definition) is 2. The number of fused-ring (bicyclic) bond motifs is 1. The number of carbonyl (C=O) groups excluding carboxylic acids is 1. The Balaban J connectivity index is 2.13. The lowest BCUT2D eigenvalue weighted by Gasteiger charge is -2.17. The molecular formula is C24H24F3NO5. The molecule has 0 bridgehead atoms. The summed E-state index contributed by atoms with van der Waals surface area (Å²) < 4.78 is 42.4. The van der Waals surface area contributed by atoms with Gasteiger partial charge in [-0.1, -0.05) is 20.3 Å². The molecule has 1 aromatic heterocycles. The van der Waals surface area contributed by atoms with E-state index in [2.05, 4.69) is 4.74 Å². The molecule has 0 amide bonds. The van der Waals surface area contributed by atoms with E-state index in [4.69, 9.17) is 0 Å². The summed E-state index contributed by atoms with van der Waals surface area (Å²) in [4.78, 5) is 25.5. The number of nitrogens with zero attached hydrogens (tertiary/aromatic N) is 1. The Hall–Kier alpha value is -3.49. The van der Waals surface area contributed by atoms with E-state index in [1.807, 2.05) is 13.8 Å². The lowest BCUT2D eigenvalue weighted by Crippen LogP contribution is -2.18. The van der Waals surface area contributed by atoms with Gasteiger partial charge in [0.15, 0.2) is 0 Å². The molecule has 0 saturated carbocycles. The van der Waals surface area contributed by atoms with Crippen LogP contribution in [-0.4, -0.2) is 33.0 Å². The number of alkyl halides is 3. The second-order valence-corrected chi connectivity index (χ2v) is 8.05. The van der Waals surface area contributed by atoms with Gasteiger partial charge in [-0.3, -0.25) is 14.2 Å². The van der Waals surface area contributed by atoms with E-state index in [1.165, 1.54) is 34.9 Å². The predicted molar refractivity (Wildman–Crippen MR) is 116 cm³/mol. The molecule has 9 heteroatoms. The van der Waals surface area contributed by atoms with Gasteiger partial charge in [-0.2, -0.15) is 0 Å². The number of halogens is 3. The normalized spacial score (nSPS) is 13.6. The molecular weight excluding hydrogens is 439 g/mol. The van der Waals surface area contributed by atoms with Crippen LogP contribution in [0.1, 0.15) is 54.2 Å². The van der Waals surface area contributed by atoms with Gasteiger partial charge in [0.2, 0.25) is 0 Å². The van der Waals surface area contributed by atoms with E-state index in [9.17, 15) is 33.0 Å². The molecule has 3 rings (SSSR count). The maximum Gasteiger partial charge on any atom is 0.573 e. The van der Waals surface area contributed by atoms with Crippen LogP contribution >= 0.6 is 0 Å². The molecule has 2 aromatic carbocycles. The largest absolute Gasteiger partial charge is 0.573 e. The van der Waals surface area contributed by atoms with Crippen LogP contribution in [0.15, 0.2) is 42.5 Å². The Kier molecular flexibility index (Phi) is 6.71. The first-order valence-corrected chi connectivity index (χ1v) is 10.4. The van der Waals surface area contributed by atoms with Gasteiger partial charge in [-0.05, 0) is 67.3 Å². The van der Waals surface area contributed by atoms with Gasteiger partial charge in [0.05, 0.1) is 11.4 Å². The van der Waals surface area contributed by atoms with Gasteiger partial charge in [-0.15, -0.1) is 13.2 Å². The molecule has 0 saturated heterocycles. The minimum absolute atomic E-state index is 0.0744. The third kappa shape index (κ3) is 5.13. The number of aromatic nitrogens is 1. The van der Waals surface area contributed by atoms with Crippen molar-refractivity contribution >= 4 is 22.8 Å². The number of ether oxygens (including phenoxy) is 1. The van der Waals surface area contributed by atoms with E-state index in [0.29, 0.717) is 28.6 Å². The van der Waals surface area contributed by atoms with Crippen molar-refractivity contribution in [2.45, 2.75) is 45.9 Å². The molecule has 0 fully saturated rings. The lowest BCUT2D eigenvalue weighted by atomic mass is 9.87. The molecule has 2 atom stereocenters. The molecule has 0 spiro atoms. The van der Waals surface area contributed by atoms with Gasteiger partial charge >= 0.3 is 12.3 Å². The molecule has 33 heavy (non-hydrogen) atoms. The third-order valence-corrected chi connectivity index (χ3v) is 5.76. The lowest BCUT2D eigenvalue weighted by molar-refractivity contribution is -0.274. The first-order chi connectivity index (χ1) is 15.4. The summed E-state index contributed by atoms with van der Waals surface area (Å²) in [6.45, 7) is 5.52. The number of aromatic hydroxyl groups is 1. The third-order valence-electron chi connectivity index (χ3n) is 5.76. The first-order valence-electron chi connectivity index (χ1n) is 10.4. The fourth-order valence-corrected chi connectivity index (χ4v) is 3.97. The Labute approximate surface area is 188 Å². The van der Waals surface area contributed by atoms with Crippen molar-refractivity contribution in [3.63, 3.8) is 0 Å². The molecule has 0 aliphatic heterocycles.